The minimum atomic E-state index is -1.11. The zero-order valence-electron chi connectivity index (χ0n) is 11.2. The molecular formula is C15H13N3O3. The molecule has 2 heterocycles. The Morgan fingerprint density at radius 3 is 2.76 bits per heavy atom. The molecule has 0 spiro atoms. The van der Waals surface area contributed by atoms with Crippen LogP contribution in [0.2, 0.25) is 0 Å². The second-order valence-electron chi connectivity index (χ2n) is 4.78. The number of aromatic carboxylic acids is 1. The number of carbonyl (C=O) groups excluding carboxylic acids is 1. The number of carboxylic acids is 1. The fourth-order valence-corrected chi connectivity index (χ4v) is 2.25. The molecule has 21 heavy (non-hydrogen) atoms. The molecule has 0 unspecified atom stereocenters. The number of anilines is 1. The number of hydrogen-bond donors (Lipinski definition) is 4. The normalized spacial score (nSPS) is 10.7. The molecule has 4 N–H and O–H groups in total. The summed E-state index contributed by atoms with van der Waals surface area (Å²) in [5.74, 6) is -1.46. The number of carboxylic acid groups (broad SMARTS) is 1. The van der Waals surface area contributed by atoms with E-state index in [2.05, 4.69) is 15.3 Å². The summed E-state index contributed by atoms with van der Waals surface area (Å²) in [4.78, 5) is 29.1. The lowest BCUT2D eigenvalue weighted by molar-refractivity contribution is 0.0692. The van der Waals surface area contributed by atoms with Gasteiger partial charge in [-0.25, -0.2) is 4.79 Å². The number of hydrogen-bond acceptors (Lipinski definition) is 2. The van der Waals surface area contributed by atoms with Gasteiger partial charge in [-0.05, 0) is 37.3 Å². The standard InChI is InChI=1S/C15H13N3O3/c1-8-6-12(13(17-8)15(20)21)18-14(19)10-2-3-11-9(7-10)4-5-16-11/h2-7,16-17H,1H3,(H,18,19)(H,20,21). The highest BCUT2D eigenvalue weighted by molar-refractivity contribution is 6.08. The highest BCUT2D eigenvalue weighted by atomic mass is 16.4. The first-order chi connectivity index (χ1) is 10.0. The maximum absolute atomic E-state index is 12.2. The number of H-pyrrole nitrogens is 2. The molecule has 3 rings (SSSR count). The molecule has 6 heteroatoms. The third-order valence-electron chi connectivity index (χ3n) is 3.23. The Labute approximate surface area is 119 Å². The van der Waals surface area contributed by atoms with Crippen molar-refractivity contribution in [2.75, 3.05) is 5.32 Å². The molecule has 106 valence electrons. The van der Waals surface area contributed by atoms with E-state index in [4.69, 9.17) is 5.11 Å². The Morgan fingerprint density at radius 2 is 2.00 bits per heavy atom. The monoisotopic (exact) mass is 283 g/mol. The number of amides is 1. The van der Waals surface area contributed by atoms with Gasteiger partial charge in [-0.3, -0.25) is 4.79 Å². The SMILES string of the molecule is Cc1cc(NC(=O)c2ccc3[nH]ccc3c2)c(C(=O)O)[nH]1. The largest absolute Gasteiger partial charge is 0.477 e. The minimum Gasteiger partial charge on any atom is -0.477 e. The molecule has 0 aliphatic carbocycles. The van der Waals surface area contributed by atoms with Crippen molar-refractivity contribution in [1.82, 2.24) is 9.97 Å². The van der Waals surface area contributed by atoms with Crippen molar-refractivity contribution in [3.8, 4) is 0 Å². The molecule has 0 bridgehead atoms. The molecule has 0 radical (unpaired) electrons. The van der Waals surface area contributed by atoms with Crippen LogP contribution < -0.4 is 5.32 Å². The fourth-order valence-electron chi connectivity index (χ4n) is 2.25. The van der Waals surface area contributed by atoms with Gasteiger partial charge in [-0.15, -0.1) is 0 Å². The number of aryl methyl sites for hydroxylation is 1. The molecule has 0 saturated carbocycles. The van der Waals surface area contributed by atoms with Crippen LogP contribution >= 0.6 is 0 Å². The minimum absolute atomic E-state index is 0.0245. The number of benzene rings is 1. The van der Waals surface area contributed by atoms with Crippen molar-refractivity contribution in [2.45, 2.75) is 6.92 Å². The summed E-state index contributed by atoms with van der Waals surface area (Å²) in [7, 11) is 0. The van der Waals surface area contributed by atoms with Crippen LogP contribution in [-0.2, 0) is 0 Å². The number of nitrogens with one attached hydrogen (secondary N) is 3. The molecule has 0 saturated heterocycles. The Morgan fingerprint density at radius 1 is 1.19 bits per heavy atom. The van der Waals surface area contributed by atoms with Gasteiger partial charge in [-0.1, -0.05) is 0 Å². The molecule has 1 aromatic carbocycles. The third kappa shape index (κ3) is 2.38. The van der Waals surface area contributed by atoms with Crippen LogP contribution in [0.15, 0.2) is 36.5 Å². The van der Waals surface area contributed by atoms with Crippen LogP contribution in [0.3, 0.4) is 0 Å². The van der Waals surface area contributed by atoms with E-state index in [0.717, 1.165) is 10.9 Å². The van der Waals surface area contributed by atoms with Crippen molar-refractivity contribution >= 4 is 28.5 Å². The lowest BCUT2D eigenvalue weighted by Gasteiger charge is -2.04. The van der Waals surface area contributed by atoms with E-state index < -0.39 is 5.97 Å². The maximum atomic E-state index is 12.2. The molecule has 0 fully saturated rings. The highest BCUT2D eigenvalue weighted by Crippen LogP contribution is 2.19. The van der Waals surface area contributed by atoms with Gasteiger partial charge in [0.05, 0.1) is 5.69 Å². The van der Waals surface area contributed by atoms with Crippen LogP contribution in [0, 0.1) is 6.92 Å². The van der Waals surface area contributed by atoms with Gasteiger partial charge in [0, 0.05) is 28.4 Å². The van der Waals surface area contributed by atoms with Crippen LogP contribution in [0.25, 0.3) is 10.9 Å². The lowest BCUT2D eigenvalue weighted by Crippen LogP contribution is -2.14. The maximum Gasteiger partial charge on any atom is 0.354 e. The third-order valence-corrected chi connectivity index (χ3v) is 3.23. The summed E-state index contributed by atoms with van der Waals surface area (Å²) in [5, 5.41) is 12.6. The highest BCUT2D eigenvalue weighted by Gasteiger charge is 2.16. The van der Waals surface area contributed by atoms with Crippen molar-refractivity contribution < 1.29 is 14.7 Å². The number of fused-ring (bicyclic) bond motifs is 1. The number of aromatic nitrogens is 2. The van der Waals surface area contributed by atoms with E-state index in [1.807, 2.05) is 12.1 Å². The van der Waals surface area contributed by atoms with E-state index in [-0.39, 0.29) is 17.3 Å². The quantitative estimate of drug-likeness (QED) is 0.595. The molecular weight excluding hydrogens is 270 g/mol. The average Bonchev–Trinajstić information content (AvgIpc) is 3.04. The van der Waals surface area contributed by atoms with E-state index in [0.29, 0.717) is 11.3 Å². The first kappa shape index (κ1) is 13.0. The van der Waals surface area contributed by atoms with Crippen LogP contribution in [0.1, 0.15) is 26.5 Å². The van der Waals surface area contributed by atoms with Crippen molar-refractivity contribution in [2.24, 2.45) is 0 Å². The zero-order valence-corrected chi connectivity index (χ0v) is 11.2. The summed E-state index contributed by atoms with van der Waals surface area (Å²) >= 11 is 0. The summed E-state index contributed by atoms with van der Waals surface area (Å²) in [6.45, 7) is 1.73. The van der Waals surface area contributed by atoms with Crippen molar-refractivity contribution in [3.05, 3.63) is 53.5 Å². The topological polar surface area (TPSA) is 98.0 Å². The molecule has 2 aromatic heterocycles. The average molecular weight is 283 g/mol. The Hall–Kier alpha value is -3.02. The van der Waals surface area contributed by atoms with E-state index in [1.54, 1.807) is 31.3 Å². The smallest absolute Gasteiger partial charge is 0.354 e. The van der Waals surface area contributed by atoms with Crippen LogP contribution in [-0.4, -0.2) is 27.0 Å². The van der Waals surface area contributed by atoms with Crippen molar-refractivity contribution in [3.63, 3.8) is 0 Å². The predicted molar refractivity (Wildman–Crippen MR) is 78.7 cm³/mol. The first-order valence-electron chi connectivity index (χ1n) is 6.36. The molecule has 6 nitrogen and oxygen atoms in total. The molecule has 0 atom stereocenters. The first-order valence-corrected chi connectivity index (χ1v) is 6.36. The van der Waals surface area contributed by atoms with Crippen LogP contribution in [0.5, 0.6) is 0 Å². The van der Waals surface area contributed by atoms with Gasteiger partial charge in [0.15, 0.2) is 0 Å². The summed E-state index contributed by atoms with van der Waals surface area (Å²) in [5.41, 5.74) is 2.32. The van der Waals surface area contributed by atoms with Gasteiger partial charge in [-0.2, -0.15) is 0 Å². The molecule has 0 aliphatic rings. The number of carbonyl (C=O) groups is 2. The fraction of sp³-hybridized carbons (Fsp3) is 0.0667. The van der Waals surface area contributed by atoms with Gasteiger partial charge in [0.25, 0.3) is 5.91 Å². The zero-order chi connectivity index (χ0) is 15.0. The second kappa shape index (κ2) is 4.82. The Balaban J connectivity index is 1.90. The number of rotatable bonds is 3. The van der Waals surface area contributed by atoms with Gasteiger partial charge >= 0.3 is 5.97 Å². The van der Waals surface area contributed by atoms with Gasteiger partial charge in [0.2, 0.25) is 0 Å². The van der Waals surface area contributed by atoms with E-state index in [9.17, 15) is 9.59 Å². The van der Waals surface area contributed by atoms with Gasteiger partial charge in [0.1, 0.15) is 5.69 Å². The Bertz CT molecular complexity index is 845. The van der Waals surface area contributed by atoms with Crippen LogP contribution in [0.4, 0.5) is 5.69 Å². The van der Waals surface area contributed by atoms with E-state index >= 15 is 0 Å². The summed E-state index contributed by atoms with van der Waals surface area (Å²) in [6.07, 6.45) is 1.80. The number of aromatic amines is 2. The second-order valence-corrected chi connectivity index (χ2v) is 4.78. The molecule has 0 aliphatic heterocycles. The van der Waals surface area contributed by atoms with Crippen molar-refractivity contribution in [1.29, 1.82) is 0 Å². The molecule has 1 amide bonds. The summed E-state index contributed by atoms with van der Waals surface area (Å²) < 4.78 is 0. The van der Waals surface area contributed by atoms with Gasteiger partial charge < -0.3 is 20.4 Å². The molecule has 3 aromatic rings. The summed E-state index contributed by atoms with van der Waals surface area (Å²) in [6, 6.07) is 8.71. The Kier molecular flexibility index (Phi) is 2.98. The van der Waals surface area contributed by atoms with E-state index in [1.165, 1.54) is 0 Å². The predicted octanol–water partition coefficient (Wildman–Crippen LogP) is 2.75. The lowest BCUT2D eigenvalue weighted by atomic mass is 10.1.